The molecule has 2 amide bonds. The topological polar surface area (TPSA) is 116 Å². The van der Waals surface area contributed by atoms with Crippen molar-refractivity contribution in [3.8, 4) is 0 Å². The van der Waals surface area contributed by atoms with Crippen LogP contribution in [0.5, 0.6) is 0 Å². The Balaban J connectivity index is 1.14. The molecule has 10 heteroatoms. The molecule has 0 aliphatic carbocycles. The molecule has 1 unspecified atom stereocenters. The van der Waals surface area contributed by atoms with Crippen molar-refractivity contribution in [2.45, 2.75) is 19.6 Å². The molecule has 200 valence electrons. The van der Waals surface area contributed by atoms with Gasteiger partial charge in [0.1, 0.15) is 6.54 Å². The van der Waals surface area contributed by atoms with E-state index in [-0.39, 0.29) is 18.4 Å². The number of aromatic nitrogens is 2. The second-order valence-corrected chi connectivity index (χ2v) is 10.1. The summed E-state index contributed by atoms with van der Waals surface area (Å²) in [5, 5.41) is 9.71. The number of carbonyl (C=O) groups excluding carboxylic acids is 3. The number of aromatic amines is 1. The van der Waals surface area contributed by atoms with Crippen LogP contribution in [0, 0.1) is 0 Å². The highest BCUT2D eigenvalue weighted by Crippen LogP contribution is 2.40. The quantitative estimate of drug-likeness (QED) is 0.237. The number of amides is 2. The molecule has 3 heterocycles. The van der Waals surface area contributed by atoms with Crippen LogP contribution in [0.1, 0.15) is 40.1 Å². The maximum absolute atomic E-state index is 13.5. The van der Waals surface area contributed by atoms with E-state index in [0.717, 1.165) is 22.3 Å². The minimum absolute atomic E-state index is 0.177. The number of thiophene rings is 1. The van der Waals surface area contributed by atoms with Gasteiger partial charge in [-0.25, -0.2) is 4.98 Å². The van der Waals surface area contributed by atoms with Crippen molar-refractivity contribution in [3.05, 3.63) is 106 Å². The summed E-state index contributed by atoms with van der Waals surface area (Å²) in [6.45, 7) is 1.46. The van der Waals surface area contributed by atoms with Crippen molar-refractivity contribution in [2.24, 2.45) is 0 Å². The van der Waals surface area contributed by atoms with E-state index in [9.17, 15) is 14.4 Å². The molecule has 1 atom stereocenters. The van der Waals surface area contributed by atoms with Crippen molar-refractivity contribution in [3.63, 3.8) is 0 Å². The number of benzene rings is 3. The fraction of sp³-hybridized carbons (Fsp3) is 0.133. The van der Waals surface area contributed by atoms with E-state index in [1.807, 2.05) is 66.0 Å². The average Bonchev–Trinajstić information content (AvgIpc) is 3.59. The van der Waals surface area contributed by atoms with Crippen LogP contribution < -0.4 is 15.5 Å². The number of hydrogen-bond donors (Lipinski definition) is 3. The molecule has 1 aliphatic heterocycles. The predicted octanol–water partition coefficient (Wildman–Crippen LogP) is 5.30. The van der Waals surface area contributed by atoms with Crippen LogP contribution in [0.3, 0.4) is 0 Å². The molecule has 6 rings (SSSR count). The Labute approximate surface area is 233 Å². The predicted molar refractivity (Wildman–Crippen MR) is 154 cm³/mol. The number of H-pyrrole nitrogens is 1. The average molecular weight is 552 g/mol. The first-order valence-electron chi connectivity index (χ1n) is 12.7. The van der Waals surface area contributed by atoms with Crippen LogP contribution >= 0.6 is 11.3 Å². The molecule has 0 saturated carbocycles. The van der Waals surface area contributed by atoms with Gasteiger partial charge in [-0.1, -0.05) is 42.5 Å². The summed E-state index contributed by atoms with van der Waals surface area (Å²) < 4.78 is 5.63. The monoisotopic (exact) mass is 551 g/mol. The Hall–Kier alpha value is -4.96. The zero-order valence-electron chi connectivity index (χ0n) is 21.5. The molecule has 0 radical (unpaired) electrons. The van der Waals surface area contributed by atoms with Crippen molar-refractivity contribution in [1.82, 2.24) is 15.3 Å². The summed E-state index contributed by atoms with van der Waals surface area (Å²) in [7, 11) is 0. The van der Waals surface area contributed by atoms with Gasteiger partial charge in [-0.15, -0.1) is 0 Å². The number of carbonyl (C=O) groups is 3. The smallest absolute Gasteiger partial charge is 0.303 e. The van der Waals surface area contributed by atoms with Gasteiger partial charge in [0.25, 0.3) is 5.91 Å². The number of ether oxygens (including phenoxy) is 1. The molecule has 3 aromatic carbocycles. The van der Waals surface area contributed by atoms with E-state index in [4.69, 9.17) is 4.74 Å². The maximum atomic E-state index is 13.5. The van der Waals surface area contributed by atoms with Gasteiger partial charge in [0.15, 0.2) is 6.10 Å². The lowest BCUT2D eigenvalue weighted by Gasteiger charge is -2.24. The minimum Gasteiger partial charge on any atom is -0.453 e. The molecule has 2 aromatic heterocycles. The van der Waals surface area contributed by atoms with Crippen LogP contribution in [0.15, 0.2) is 83.6 Å². The van der Waals surface area contributed by atoms with E-state index < -0.39 is 12.1 Å². The summed E-state index contributed by atoms with van der Waals surface area (Å²) in [5.74, 6) is -0.423. The Morgan fingerprint density at radius 1 is 1.00 bits per heavy atom. The van der Waals surface area contributed by atoms with Gasteiger partial charge in [0.05, 0.1) is 22.3 Å². The molecule has 3 N–H and O–H groups in total. The van der Waals surface area contributed by atoms with Gasteiger partial charge in [-0.2, -0.15) is 11.3 Å². The number of fused-ring (bicyclic) bond motifs is 3. The van der Waals surface area contributed by atoms with Crippen LogP contribution in [0.4, 0.5) is 17.3 Å². The van der Waals surface area contributed by atoms with Crippen molar-refractivity contribution in [1.29, 1.82) is 0 Å². The first-order valence-corrected chi connectivity index (χ1v) is 13.6. The lowest BCUT2D eigenvalue weighted by atomic mass is 10.0. The Morgan fingerprint density at radius 2 is 1.77 bits per heavy atom. The summed E-state index contributed by atoms with van der Waals surface area (Å²) >= 11 is 1.35. The zero-order chi connectivity index (χ0) is 27.6. The van der Waals surface area contributed by atoms with Gasteiger partial charge in [0, 0.05) is 35.7 Å². The highest BCUT2D eigenvalue weighted by Gasteiger charge is 2.35. The highest BCUT2D eigenvalue weighted by atomic mass is 32.1. The fourth-order valence-corrected chi connectivity index (χ4v) is 5.60. The molecule has 0 fully saturated rings. The van der Waals surface area contributed by atoms with E-state index in [2.05, 4.69) is 20.6 Å². The van der Waals surface area contributed by atoms with Gasteiger partial charge in [0.2, 0.25) is 11.9 Å². The molecule has 0 spiro atoms. The van der Waals surface area contributed by atoms with E-state index >= 15 is 0 Å². The van der Waals surface area contributed by atoms with Crippen LogP contribution in [0.25, 0.3) is 11.0 Å². The minimum atomic E-state index is -0.723. The molecule has 0 saturated heterocycles. The van der Waals surface area contributed by atoms with Crippen LogP contribution in [-0.2, 0) is 20.9 Å². The molecule has 40 heavy (non-hydrogen) atoms. The Kier molecular flexibility index (Phi) is 6.75. The lowest BCUT2D eigenvalue weighted by molar-refractivity contribution is -0.144. The molecular formula is C30H25N5O4S. The summed E-state index contributed by atoms with van der Waals surface area (Å²) in [6.07, 6.45) is -0.723. The van der Waals surface area contributed by atoms with E-state index in [0.29, 0.717) is 34.9 Å². The molecule has 0 bridgehead atoms. The van der Waals surface area contributed by atoms with Crippen LogP contribution in [-0.4, -0.2) is 34.3 Å². The zero-order valence-corrected chi connectivity index (χ0v) is 22.3. The number of nitrogens with zero attached hydrogens (tertiary/aromatic N) is 2. The largest absolute Gasteiger partial charge is 0.453 e. The van der Waals surface area contributed by atoms with E-state index in [1.54, 1.807) is 17.5 Å². The summed E-state index contributed by atoms with van der Waals surface area (Å²) in [5.41, 5.74) is 5.83. The first-order chi connectivity index (χ1) is 19.5. The van der Waals surface area contributed by atoms with Gasteiger partial charge < -0.3 is 20.4 Å². The standard InChI is InChI=1S/C30H25N5O4S/c1-18(36)39-28-21-6-2-5-9-26(21)35(29(38)23-17-40-16-22(23)28)15-27(37)31-14-19-10-12-20(13-11-19)32-30-33-24-7-3-4-8-25(24)34-30/h2-13,16-17,28H,14-15H2,1H3,(H,31,37)(H2,32,33,34). The highest BCUT2D eigenvalue weighted by molar-refractivity contribution is 7.08. The Morgan fingerprint density at radius 3 is 2.58 bits per heavy atom. The summed E-state index contributed by atoms with van der Waals surface area (Å²) in [4.78, 5) is 47.7. The van der Waals surface area contributed by atoms with Gasteiger partial charge in [-0.3, -0.25) is 19.3 Å². The maximum Gasteiger partial charge on any atom is 0.303 e. The Bertz CT molecular complexity index is 1690. The van der Waals surface area contributed by atoms with Crippen LogP contribution in [0.2, 0.25) is 0 Å². The second kappa shape index (κ2) is 10.7. The van der Waals surface area contributed by atoms with Gasteiger partial charge >= 0.3 is 5.97 Å². The van der Waals surface area contributed by atoms with Crippen molar-refractivity contribution in [2.75, 3.05) is 16.8 Å². The third-order valence-electron chi connectivity index (χ3n) is 6.64. The lowest BCUT2D eigenvalue weighted by Crippen LogP contribution is -2.40. The van der Waals surface area contributed by atoms with Crippen molar-refractivity contribution < 1.29 is 19.1 Å². The third kappa shape index (κ3) is 5.04. The number of esters is 1. The number of rotatable bonds is 7. The number of imidazole rings is 1. The number of nitrogens with one attached hydrogen (secondary N) is 3. The molecule has 1 aliphatic rings. The summed E-state index contributed by atoms with van der Waals surface area (Å²) in [6, 6.07) is 22.7. The third-order valence-corrected chi connectivity index (χ3v) is 7.40. The van der Waals surface area contributed by atoms with Crippen molar-refractivity contribution >= 4 is 57.5 Å². The second-order valence-electron chi connectivity index (χ2n) is 9.38. The van der Waals surface area contributed by atoms with E-state index in [1.165, 1.54) is 23.2 Å². The number of para-hydroxylation sites is 3. The van der Waals surface area contributed by atoms with Gasteiger partial charge in [-0.05, 0) is 41.3 Å². The normalized spacial score (nSPS) is 14.3. The fourth-order valence-electron chi connectivity index (χ4n) is 4.77. The molecule has 9 nitrogen and oxygen atoms in total. The molecular weight excluding hydrogens is 526 g/mol. The SMILES string of the molecule is CC(=O)OC1c2cscc2C(=O)N(CC(=O)NCc2ccc(Nc3nc4ccccc4[nH]3)cc2)c2ccccc21. The molecule has 5 aromatic rings. The number of hydrogen-bond acceptors (Lipinski definition) is 7. The first kappa shape index (κ1) is 25.3. The number of anilines is 3.